The predicted molar refractivity (Wildman–Crippen MR) is 168 cm³/mol. The Morgan fingerprint density at radius 3 is 2.20 bits per heavy atom. The number of anilines is 1. The molecule has 11 heteroatoms. The molecule has 4 rings (SSSR count). The van der Waals surface area contributed by atoms with Crippen molar-refractivity contribution in [1.29, 1.82) is 0 Å². The van der Waals surface area contributed by atoms with Gasteiger partial charge in [0.1, 0.15) is 22.4 Å². The lowest BCUT2D eigenvalue weighted by Crippen LogP contribution is -2.54. The Labute approximate surface area is 259 Å². The minimum atomic E-state index is -4.03. The molecule has 3 aromatic rings. The number of sulfonamides is 1. The molecular formula is C33H42N4O6S. The first-order chi connectivity index (χ1) is 20.4. The summed E-state index contributed by atoms with van der Waals surface area (Å²) < 4.78 is 35.3. The number of carbonyl (C=O) groups excluding carboxylic acids is 1. The van der Waals surface area contributed by atoms with Crippen molar-refractivity contribution in [3.8, 4) is 0 Å². The van der Waals surface area contributed by atoms with E-state index in [1.165, 1.54) is 36.2 Å². The maximum Gasteiger partial charge on any atom is 0.416 e. The topological polar surface area (TPSA) is 139 Å². The fraction of sp³-hybridized carbons (Fsp3) is 0.455. The van der Waals surface area contributed by atoms with E-state index in [2.05, 4.69) is 28.8 Å². The average Bonchev–Trinajstić information content (AvgIpc) is 3.68. The molecule has 10 nitrogen and oxygen atoms in total. The number of rotatable bonds is 10. The van der Waals surface area contributed by atoms with E-state index < -0.39 is 45.2 Å². The van der Waals surface area contributed by atoms with Crippen LogP contribution in [-0.2, 0) is 31.4 Å². The van der Waals surface area contributed by atoms with Crippen LogP contribution in [0.4, 0.5) is 10.6 Å². The lowest BCUT2D eigenvalue weighted by Gasteiger charge is -2.37. The van der Waals surface area contributed by atoms with Crippen molar-refractivity contribution >= 4 is 27.9 Å². The highest BCUT2D eigenvalue weighted by atomic mass is 32.2. The molecule has 2 atom stereocenters. The largest absolute Gasteiger partial charge is 0.480 e. The van der Waals surface area contributed by atoms with Gasteiger partial charge in [0, 0.05) is 12.4 Å². The van der Waals surface area contributed by atoms with Gasteiger partial charge in [-0.25, -0.2) is 32.6 Å². The van der Waals surface area contributed by atoms with Gasteiger partial charge in [0.05, 0.1) is 11.7 Å². The SMILES string of the molecule is CC(C)(C)OC(=O)N(c1cccc(C(Cc2ccc(C3(C)CC3)cc2)NS(=O)(=O)c2cccnc2)n1)C(C(=O)O)C(C)(C)C. The molecule has 1 saturated carbocycles. The predicted octanol–water partition coefficient (Wildman–Crippen LogP) is 6.03. The van der Waals surface area contributed by atoms with Crippen LogP contribution in [0.2, 0.25) is 0 Å². The maximum absolute atomic E-state index is 13.5. The summed E-state index contributed by atoms with van der Waals surface area (Å²) in [5.74, 6) is -1.20. The zero-order chi connectivity index (χ0) is 32.5. The Morgan fingerprint density at radius 2 is 1.68 bits per heavy atom. The Hall–Kier alpha value is -3.83. The molecule has 2 N–H and O–H groups in total. The average molecular weight is 623 g/mol. The van der Waals surface area contributed by atoms with Crippen LogP contribution in [0.1, 0.15) is 84.2 Å². The van der Waals surface area contributed by atoms with Crippen molar-refractivity contribution in [2.24, 2.45) is 5.41 Å². The fourth-order valence-corrected chi connectivity index (χ4v) is 6.17. The number of benzene rings is 1. The number of aliphatic carboxylic acids is 1. The van der Waals surface area contributed by atoms with E-state index in [0.29, 0.717) is 5.69 Å². The van der Waals surface area contributed by atoms with Crippen LogP contribution in [-0.4, -0.2) is 47.2 Å². The second-order valence-corrected chi connectivity index (χ2v) is 15.4. The smallest absolute Gasteiger partial charge is 0.416 e. The molecule has 44 heavy (non-hydrogen) atoms. The van der Waals surface area contributed by atoms with Gasteiger partial charge in [-0.05, 0) is 86.3 Å². The van der Waals surface area contributed by atoms with Crippen LogP contribution >= 0.6 is 0 Å². The Kier molecular flexibility index (Phi) is 9.23. The molecule has 0 bridgehead atoms. The van der Waals surface area contributed by atoms with Crippen LogP contribution in [0.5, 0.6) is 0 Å². The number of carbonyl (C=O) groups is 2. The number of nitrogens with zero attached hydrogens (tertiary/aromatic N) is 3. The standard InChI is InChI=1S/C33H42N4O6S/c1-31(2,3)28(29(38)39)37(30(40)43-32(4,5)6)27-12-8-11-25(35-27)26(36-44(41,42)24-10-9-19-34-21-24)20-22-13-15-23(16-14-22)33(7)17-18-33/h8-16,19,21,26,28,36H,17-18,20H2,1-7H3,(H,38,39). The number of nitrogens with one attached hydrogen (secondary N) is 1. The lowest BCUT2D eigenvalue weighted by molar-refractivity contribution is -0.141. The van der Waals surface area contributed by atoms with Crippen LogP contribution in [0.15, 0.2) is 71.9 Å². The van der Waals surface area contributed by atoms with Crippen molar-refractivity contribution in [2.45, 2.75) is 95.7 Å². The van der Waals surface area contributed by atoms with Gasteiger partial charge in [0.15, 0.2) is 0 Å². The third-order valence-electron chi connectivity index (χ3n) is 7.60. The van der Waals surface area contributed by atoms with Gasteiger partial charge >= 0.3 is 12.1 Å². The molecule has 0 saturated heterocycles. The maximum atomic E-state index is 13.5. The van der Waals surface area contributed by atoms with Crippen molar-refractivity contribution < 1.29 is 27.9 Å². The molecule has 1 fully saturated rings. The molecule has 236 valence electrons. The molecule has 0 spiro atoms. The molecular weight excluding hydrogens is 580 g/mol. The highest BCUT2D eigenvalue weighted by molar-refractivity contribution is 7.89. The van der Waals surface area contributed by atoms with Gasteiger partial charge in [-0.15, -0.1) is 0 Å². The zero-order valence-electron chi connectivity index (χ0n) is 26.4. The van der Waals surface area contributed by atoms with Crippen molar-refractivity contribution in [3.05, 3.63) is 83.8 Å². The first-order valence-corrected chi connectivity index (χ1v) is 16.1. The highest BCUT2D eigenvalue weighted by Crippen LogP contribution is 2.47. The van der Waals surface area contributed by atoms with Crippen LogP contribution in [0, 0.1) is 5.41 Å². The number of aromatic nitrogens is 2. The summed E-state index contributed by atoms with van der Waals surface area (Å²) in [6.45, 7) is 12.4. The van der Waals surface area contributed by atoms with E-state index >= 15 is 0 Å². The summed E-state index contributed by atoms with van der Waals surface area (Å²) in [6, 6.07) is 13.7. The highest BCUT2D eigenvalue weighted by Gasteiger charge is 2.43. The van der Waals surface area contributed by atoms with Crippen LogP contribution in [0.3, 0.4) is 0 Å². The number of pyridine rings is 2. The number of amides is 1. The summed E-state index contributed by atoms with van der Waals surface area (Å²) in [4.78, 5) is 35.8. The van der Waals surface area contributed by atoms with E-state index in [-0.39, 0.29) is 22.5 Å². The van der Waals surface area contributed by atoms with E-state index in [4.69, 9.17) is 9.72 Å². The van der Waals surface area contributed by atoms with Crippen LogP contribution in [0.25, 0.3) is 0 Å². The summed E-state index contributed by atoms with van der Waals surface area (Å²) in [6.07, 6.45) is 4.40. The molecule has 0 radical (unpaired) electrons. The second-order valence-electron chi connectivity index (χ2n) is 13.7. The number of ether oxygens (including phenoxy) is 1. The summed E-state index contributed by atoms with van der Waals surface area (Å²) >= 11 is 0. The molecule has 1 amide bonds. The van der Waals surface area contributed by atoms with E-state index in [1.54, 1.807) is 53.7 Å². The first-order valence-electron chi connectivity index (χ1n) is 14.6. The van der Waals surface area contributed by atoms with Gasteiger partial charge < -0.3 is 9.84 Å². The zero-order valence-corrected chi connectivity index (χ0v) is 27.2. The summed E-state index contributed by atoms with van der Waals surface area (Å²) in [5, 5.41) is 10.2. The summed E-state index contributed by atoms with van der Waals surface area (Å²) in [7, 11) is -4.03. The number of carboxylic acid groups (broad SMARTS) is 1. The van der Waals surface area contributed by atoms with E-state index in [0.717, 1.165) is 23.3 Å². The number of hydrogen-bond donors (Lipinski definition) is 2. The summed E-state index contributed by atoms with van der Waals surface area (Å²) in [5.41, 5.74) is 0.810. The molecule has 1 aliphatic carbocycles. The molecule has 1 aromatic carbocycles. The Balaban J connectivity index is 1.78. The molecule has 2 heterocycles. The normalized spacial score (nSPS) is 16.1. The molecule has 2 unspecified atom stereocenters. The lowest BCUT2D eigenvalue weighted by atomic mass is 9.85. The van der Waals surface area contributed by atoms with Gasteiger partial charge in [0.2, 0.25) is 10.0 Å². The Morgan fingerprint density at radius 1 is 1.02 bits per heavy atom. The monoisotopic (exact) mass is 622 g/mol. The van der Waals surface area contributed by atoms with Gasteiger partial charge in [-0.2, -0.15) is 0 Å². The molecule has 0 aliphatic heterocycles. The minimum absolute atomic E-state index is 0.00721. The third kappa shape index (κ3) is 8.00. The fourth-order valence-electron chi connectivity index (χ4n) is 5.00. The molecule has 2 aromatic heterocycles. The van der Waals surface area contributed by atoms with Gasteiger partial charge in [-0.3, -0.25) is 4.98 Å². The van der Waals surface area contributed by atoms with E-state index in [9.17, 15) is 23.1 Å². The minimum Gasteiger partial charge on any atom is -0.480 e. The van der Waals surface area contributed by atoms with Gasteiger partial charge in [-0.1, -0.05) is 58.0 Å². The first kappa shape index (κ1) is 33.1. The van der Waals surface area contributed by atoms with E-state index in [1.807, 2.05) is 12.1 Å². The van der Waals surface area contributed by atoms with Crippen molar-refractivity contribution in [2.75, 3.05) is 4.90 Å². The van der Waals surface area contributed by atoms with Crippen LogP contribution < -0.4 is 9.62 Å². The quantitative estimate of drug-likeness (QED) is 0.279. The van der Waals surface area contributed by atoms with Crippen molar-refractivity contribution in [1.82, 2.24) is 14.7 Å². The van der Waals surface area contributed by atoms with Crippen molar-refractivity contribution in [3.63, 3.8) is 0 Å². The van der Waals surface area contributed by atoms with Gasteiger partial charge in [0.25, 0.3) is 0 Å². The molecule has 1 aliphatic rings. The third-order valence-corrected chi connectivity index (χ3v) is 9.05. The second kappa shape index (κ2) is 12.3. The number of hydrogen-bond acceptors (Lipinski definition) is 7. The Bertz CT molecular complexity index is 1590. The number of carboxylic acids is 1.